The number of nitrogens with one attached hydrogen (secondary N) is 2. The van der Waals surface area contributed by atoms with E-state index in [2.05, 4.69) is 25.6 Å². The largest absolute Gasteiger partial charge is 0.494 e. The molecule has 0 atom stereocenters. The molecule has 2 heterocycles. The first kappa shape index (κ1) is 19.8. The van der Waals surface area contributed by atoms with E-state index in [9.17, 15) is 4.79 Å². The van der Waals surface area contributed by atoms with Crippen LogP contribution in [0.4, 0.5) is 16.8 Å². The Labute approximate surface area is 178 Å². The second-order valence-corrected chi connectivity index (χ2v) is 7.74. The van der Waals surface area contributed by atoms with E-state index in [0.717, 1.165) is 33.0 Å². The summed E-state index contributed by atoms with van der Waals surface area (Å²) < 4.78 is 6.48. The molecule has 0 bridgehead atoms. The predicted octanol–water partition coefficient (Wildman–Crippen LogP) is 5.10. The molecule has 0 aliphatic heterocycles. The van der Waals surface area contributed by atoms with Gasteiger partial charge in [0.05, 0.1) is 16.8 Å². The number of hydrogen-bond donors (Lipinski definition) is 2. The number of aryl methyl sites for hydroxylation is 2. The smallest absolute Gasteiger partial charge is 0.257 e. The third kappa shape index (κ3) is 4.55. The highest BCUT2D eigenvalue weighted by Gasteiger charge is 2.11. The third-order valence-electron chi connectivity index (χ3n) is 4.28. The lowest BCUT2D eigenvalue weighted by atomic mass is 10.2. The van der Waals surface area contributed by atoms with Crippen molar-refractivity contribution in [3.63, 3.8) is 0 Å². The Kier molecular flexibility index (Phi) is 5.58. The second-order valence-electron chi connectivity index (χ2n) is 6.71. The van der Waals surface area contributed by atoms with E-state index in [-0.39, 0.29) is 5.91 Å². The number of benzene rings is 2. The summed E-state index contributed by atoms with van der Waals surface area (Å²) in [6.07, 6.45) is 0. The molecule has 0 aliphatic carbocycles. The van der Waals surface area contributed by atoms with Crippen LogP contribution in [0.3, 0.4) is 0 Å². The Morgan fingerprint density at radius 2 is 1.73 bits per heavy atom. The number of amides is 1. The van der Waals surface area contributed by atoms with Gasteiger partial charge < -0.3 is 10.1 Å². The number of rotatable bonds is 6. The lowest BCUT2D eigenvalue weighted by Gasteiger charge is -2.07. The van der Waals surface area contributed by atoms with E-state index in [1.165, 1.54) is 11.3 Å². The van der Waals surface area contributed by atoms with Crippen LogP contribution >= 0.6 is 11.3 Å². The van der Waals surface area contributed by atoms with Crippen LogP contribution in [0.2, 0.25) is 0 Å². The summed E-state index contributed by atoms with van der Waals surface area (Å²) in [6.45, 7) is 6.40. The topological polar surface area (TPSA) is 89.0 Å². The quantitative estimate of drug-likeness (QED) is 0.452. The molecule has 4 aromatic rings. The van der Waals surface area contributed by atoms with Gasteiger partial charge in [-0.05, 0) is 69.3 Å². The molecule has 0 spiro atoms. The maximum absolute atomic E-state index is 12.6. The van der Waals surface area contributed by atoms with Gasteiger partial charge in [-0.1, -0.05) is 11.3 Å². The summed E-state index contributed by atoms with van der Waals surface area (Å²) in [4.78, 5) is 25.8. The van der Waals surface area contributed by atoms with E-state index >= 15 is 0 Å². The van der Waals surface area contributed by atoms with Crippen LogP contribution < -0.4 is 15.4 Å². The van der Waals surface area contributed by atoms with Crippen molar-refractivity contribution < 1.29 is 9.53 Å². The summed E-state index contributed by atoms with van der Waals surface area (Å²) in [7, 11) is 0. The summed E-state index contributed by atoms with van der Waals surface area (Å²) >= 11 is 1.42. The SMILES string of the molecule is CCOc1ccc2nc(NC(=O)c3ccc(Nc4nc(C)cc(C)n4)cc3)sc2c1. The van der Waals surface area contributed by atoms with Crippen molar-refractivity contribution in [3.8, 4) is 5.75 Å². The van der Waals surface area contributed by atoms with Crippen LogP contribution in [0.25, 0.3) is 10.2 Å². The minimum atomic E-state index is -0.215. The van der Waals surface area contributed by atoms with Gasteiger partial charge in [0, 0.05) is 22.6 Å². The Morgan fingerprint density at radius 3 is 2.43 bits per heavy atom. The number of thiazole rings is 1. The average Bonchev–Trinajstić information content (AvgIpc) is 3.09. The molecule has 1 amide bonds. The molecular weight excluding hydrogens is 398 g/mol. The first-order valence-corrected chi connectivity index (χ1v) is 10.4. The number of aromatic nitrogens is 3. The molecule has 0 saturated heterocycles. The van der Waals surface area contributed by atoms with Gasteiger partial charge in [0.25, 0.3) is 5.91 Å². The van der Waals surface area contributed by atoms with E-state index in [4.69, 9.17) is 4.74 Å². The Balaban J connectivity index is 1.45. The van der Waals surface area contributed by atoms with Crippen LogP contribution in [-0.4, -0.2) is 27.5 Å². The molecule has 30 heavy (non-hydrogen) atoms. The molecule has 4 rings (SSSR count). The molecule has 0 radical (unpaired) electrons. The maximum atomic E-state index is 12.6. The van der Waals surface area contributed by atoms with Crippen molar-refractivity contribution >= 4 is 44.2 Å². The highest BCUT2D eigenvalue weighted by Crippen LogP contribution is 2.29. The highest BCUT2D eigenvalue weighted by atomic mass is 32.1. The fraction of sp³-hybridized carbons (Fsp3) is 0.182. The fourth-order valence-corrected chi connectivity index (χ4v) is 3.89. The van der Waals surface area contributed by atoms with Gasteiger partial charge in [0.15, 0.2) is 5.13 Å². The molecule has 2 N–H and O–H groups in total. The lowest BCUT2D eigenvalue weighted by molar-refractivity contribution is 0.102. The number of nitrogens with zero attached hydrogens (tertiary/aromatic N) is 3. The summed E-state index contributed by atoms with van der Waals surface area (Å²) in [5.74, 6) is 1.11. The molecule has 7 nitrogen and oxygen atoms in total. The first-order chi connectivity index (χ1) is 14.5. The Morgan fingerprint density at radius 1 is 1.00 bits per heavy atom. The van der Waals surface area contributed by atoms with Crippen molar-refractivity contribution in [1.29, 1.82) is 0 Å². The zero-order valence-electron chi connectivity index (χ0n) is 16.9. The van der Waals surface area contributed by atoms with E-state index in [1.807, 2.05) is 57.2 Å². The predicted molar refractivity (Wildman–Crippen MR) is 120 cm³/mol. The van der Waals surface area contributed by atoms with E-state index in [0.29, 0.717) is 23.3 Å². The molecule has 0 fully saturated rings. The molecule has 0 aliphatic rings. The van der Waals surface area contributed by atoms with Crippen LogP contribution in [-0.2, 0) is 0 Å². The van der Waals surface area contributed by atoms with Crippen molar-refractivity contribution in [2.45, 2.75) is 20.8 Å². The van der Waals surface area contributed by atoms with Gasteiger partial charge in [-0.25, -0.2) is 15.0 Å². The summed E-state index contributed by atoms with van der Waals surface area (Å²) in [5.41, 5.74) is 3.96. The second kappa shape index (κ2) is 8.46. The van der Waals surface area contributed by atoms with Gasteiger partial charge in [0.2, 0.25) is 5.95 Å². The van der Waals surface area contributed by atoms with Crippen LogP contribution in [0, 0.1) is 13.8 Å². The van der Waals surface area contributed by atoms with E-state index in [1.54, 1.807) is 12.1 Å². The van der Waals surface area contributed by atoms with Gasteiger partial charge in [0.1, 0.15) is 5.75 Å². The molecule has 0 saturated carbocycles. The minimum Gasteiger partial charge on any atom is -0.494 e. The molecule has 2 aromatic carbocycles. The maximum Gasteiger partial charge on any atom is 0.257 e. The van der Waals surface area contributed by atoms with Crippen LogP contribution in [0.5, 0.6) is 5.75 Å². The fourth-order valence-electron chi connectivity index (χ4n) is 3.00. The summed E-state index contributed by atoms with van der Waals surface area (Å²) in [5, 5.41) is 6.57. The van der Waals surface area contributed by atoms with Crippen molar-refractivity contribution in [2.75, 3.05) is 17.2 Å². The zero-order valence-corrected chi connectivity index (χ0v) is 17.7. The lowest BCUT2D eigenvalue weighted by Crippen LogP contribution is -2.11. The molecule has 8 heteroatoms. The van der Waals surface area contributed by atoms with Crippen LogP contribution in [0.1, 0.15) is 28.7 Å². The van der Waals surface area contributed by atoms with Gasteiger partial charge in [-0.2, -0.15) is 0 Å². The number of carbonyl (C=O) groups is 1. The molecule has 0 unspecified atom stereocenters. The number of carbonyl (C=O) groups excluding carboxylic acids is 1. The Hall–Kier alpha value is -3.52. The van der Waals surface area contributed by atoms with Gasteiger partial charge in [-0.3, -0.25) is 10.1 Å². The van der Waals surface area contributed by atoms with Crippen molar-refractivity contribution in [3.05, 3.63) is 65.5 Å². The third-order valence-corrected chi connectivity index (χ3v) is 5.21. The van der Waals surface area contributed by atoms with Gasteiger partial charge in [-0.15, -0.1) is 0 Å². The Bertz CT molecular complexity index is 1180. The molecule has 2 aromatic heterocycles. The normalized spacial score (nSPS) is 10.8. The molecule has 152 valence electrons. The van der Waals surface area contributed by atoms with Crippen molar-refractivity contribution in [1.82, 2.24) is 15.0 Å². The average molecular weight is 420 g/mol. The van der Waals surface area contributed by atoms with Crippen molar-refractivity contribution in [2.24, 2.45) is 0 Å². The van der Waals surface area contributed by atoms with E-state index < -0.39 is 0 Å². The highest BCUT2D eigenvalue weighted by molar-refractivity contribution is 7.22. The number of anilines is 3. The molecular formula is C22H21N5O2S. The first-order valence-electron chi connectivity index (χ1n) is 9.54. The van der Waals surface area contributed by atoms with Gasteiger partial charge >= 0.3 is 0 Å². The zero-order chi connectivity index (χ0) is 21.1. The number of ether oxygens (including phenoxy) is 1. The summed E-state index contributed by atoms with van der Waals surface area (Å²) in [6, 6.07) is 14.8. The number of hydrogen-bond acceptors (Lipinski definition) is 7. The monoisotopic (exact) mass is 419 g/mol. The number of fused-ring (bicyclic) bond motifs is 1. The van der Waals surface area contributed by atoms with Crippen LogP contribution in [0.15, 0.2) is 48.5 Å². The standard InChI is InChI=1S/C22H21N5O2S/c1-4-29-17-9-10-18-19(12-17)30-22(26-18)27-20(28)15-5-7-16(8-6-15)25-21-23-13(2)11-14(3)24-21/h5-12H,4H2,1-3H3,(H,23,24,25)(H,26,27,28). The minimum absolute atomic E-state index is 0.215.